The van der Waals surface area contributed by atoms with E-state index in [1.165, 1.54) is 36.0 Å². The van der Waals surface area contributed by atoms with Crippen molar-refractivity contribution in [3.63, 3.8) is 0 Å². The zero-order valence-electron chi connectivity index (χ0n) is 17.1. The van der Waals surface area contributed by atoms with E-state index in [1.807, 2.05) is 28.8 Å². The van der Waals surface area contributed by atoms with Crippen LogP contribution in [0, 0.1) is 5.82 Å². The number of halogens is 1. The third kappa shape index (κ3) is 6.32. The molecule has 0 aliphatic heterocycles. The molecule has 7 nitrogen and oxygen atoms in total. The second-order valence-electron chi connectivity index (χ2n) is 6.38. The summed E-state index contributed by atoms with van der Waals surface area (Å²) in [6.45, 7) is 4.69. The number of amides is 1. The maximum absolute atomic E-state index is 13.0. The minimum Gasteiger partial charge on any atom is -0.493 e. The Morgan fingerprint density at radius 3 is 2.65 bits per heavy atom. The number of thioether (sulfide) groups is 1. The molecule has 1 aromatic heterocycles. The Morgan fingerprint density at radius 1 is 1.19 bits per heavy atom. The molecule has 0 bridgehead atoms. The minimum absolute atomic E-state index is 0.0382. The molecule has 3 rings (SSSR count). The summed E-state index contributed by atoms with van der Waals surface area (Å²) < 4.78 is 25.9. The van der Waals surface area contributed by atoms with Gasteiger partial charge in [-0.2, -0.15) is 0 Å². The Hall–Kier alpha value is -3.33. The van der Waals surface area contributed by atoms with E-state index < -0.39 is 0 Å². The molecule has 1 heterocycles. The summed E-state index contributed by atoms with van der Waals surface area (Å²) >= 11 is 1.48. The van der Waals surface area contributed by atoms with Crippen LogP contribution in [-0.4, -0.2) is 40.1 Å². The van der Waals surface area contributed by atoms with Gasteiger partial charge in [0, 0.05) is 18.0 Å². The van der Waals surface area contributed by atoms with Gasteiger partial charge in [-0.1, -0.05) is 30.0 Å². The highest BCUT2D eigenvalue weighted by Gasteiger charge is 2.15. The lowest BCUT2D eigenvalue weighted by Crippen LogP contribution is -2.17. The van der Waals surface area contributed by atoms with Crippen molar-refractivity contribution >= 4 is 23.4 Å². The zero-order chi connectivity index (χ0) is 22.1. The summed E-state index contributed by atoms with van der Waals surface area (Å²) in [6, 6.07) is 13.0. The number of nitrogens with one attached hydrogen (secondary N) is 1. The fourth-order valence-corrected chi connectivity index (χ4v) is 3.56. The second-order valence-corrected chi connectivity index (χ2v) is 7.44. The molecule has 31 heavy (non-hydrogen) atoms. The highest BCUT2D eigenvalue weighted by molar-refractivity contribution is 7.99. The van der Waals surface area contributed by atoms with Crippen molar-refractivity contribution in [2.75, 3.05) is 24.8 Å². The van der Waals surface area contributed by atoms with Gasteiger partial charge in [-0.25, -0.2) is 4.39 Å². The molecule has 0 saturated heterocycles. The Kier molecular flexibility index (Phi) is 8.05. The van der Waals surface area contributed by atoms with Crippen molar-refractivity contribution < 1.29 is 18.7 Å². The molecule has 1 amide bonds. The van der Waals surface area contributed by atoms with E-state index in [1.54, 1.807) is 13.2 Å². The summed E-state index contributed by atoms with van der Waals surface area (Å²) in [7, 11) is 1.60. The monoisotopic (exact) mass is 442 g/mol. The molecule has 0 atom stereocenters. The molecule has 0 aliphatic rings. The number of methoxy groups -OCH3 is 1. The van der Waals surface area contributed by atoms with E-state index in [0.717, 1.165) is 0 Å². The number of aromatic nitrogens is 3. The summed E-state index contributed by atoms with van der Waals surface area (Å²) in [6.07, 6.45) is 1.76. The quantitative estimate of drug-likeness (QED) is 0.275. The topological polar surface area (TPSA) is 78.3 Å². The van der Waals surface area contributed by atoms with Gasteiger partial charge in [-0.15, -0.1) is 16.8 Å². The molecule has 0 aliphatic carbocycles. The van der Waals surface area contributed by atoms with Crippen LogP contribution in [0.3, 0.4) is 0 Å². The molecule has 0 radical (unpaired) electrons. The predicted octanol–water partition coefficient (Wildman–Crippen LogP) is 3.96. The highest BCUT2D eigenvalue weighted by atomic mass is 32.2. The van der Waals surface area contributed by atoms with Crippen LogP contribution in [0.4, 0.5) is 10.1 Å². The molecule has 1 N–H and O–H groups in total. The number of carbonyl (C=O) groups is 1. The molecule has 0 unspecified atom stereocenters. The van der Waals surface area contributed by atoms with Crippen molar-refractivity contribution in [1.82, 2.24) is 14.8 Å². The molecule has 0 saturated carbocycles. The fraction of sp³-hybridized carbons (Fsp3) is 0.227. The van der Waals surface area contributed by atoms with Gasteiger partial charge in [0.1, 0.15) is 11.6 Å². The van der Waals surface area contributed by atoms with Crippen LogP contribution in [0.1, 0.15) is 5.82 Å². The lowest BCUT2D eigenvalue weighted by molar-refractivity contribution is -0.115. The number of carbonyl (C=O) groups excluding carboxylic acids is 1. The predicted molar refractivity (Wildman–Crippen MR) is 118 cm³/mol. The van der Waals surface area contributed by atoms with E-state index in [9.17, 15) is 9.18 Å². The Labute approximate surface area is 184 Å². The van der Waals surface area contributed by atoms with Gasteiger partial charge < -0.3 is 19.4 Å². The van der Waals surface area contributed by atoms with Crippen molar-refractivity contribution in [2.24, 2.45) is 0 Å². The molecule has 2 aromatic carbocycles. The molecule has 9 heteroatoms. The maximum atomic E-state index is 13.0. The van der Waals surface area contributed by atoms with Gasteiger partial charge in [0.2, 0.25) is 5.91 Å². The maximum Gasteiger partial charge on any atom is 0.232 e. The van der Waals surface area contributed by atoms with Crippen molar-refractivity contribution in [1.29, 1.82) is 0 Å². The first kappa shape index (κ1) is 22.4. The molecule has 0 spiro atoms. The average molecular weight is 443 g/mol. The smallest absolute Gasteiger partial charge is 0.232 e. The number of benzene rings is 2. The van der Waals surface area contributed by atoms with E-state index in [-0.39, 0.29) is 18.1 Å². The van der Waals surface area contributed by atoms with Crippen molar-refractivity contribution in [2.45, 2.75) is 18.1 Å². The van der Waals surface area contributed by atoms with Crippen LogP contribution in [0.15, 0.2) is 66.3 Å². The minimum atomic E-state index is -0.361. The first-order valence-electron chi connectivity index (χ1n) is 9.57. The van der Waals surface area contributed by atoms with E-state index in [2.05, 4.69) is 22.1 Å². The Balaban J connectivity index is 1.57. The lowest BCUT2D eigenvalue weighted by Gasteiger charge is -2.10. The molecule has 3 aromatic rings. The molecule has 162 valence electrons. The number of para-hydroxylation sites is 2. The third-order valence-electron chi connectivity index (χ3n) is 4.19. The Morgan fingerprint density at radius 2 is 1.94 bits per heavy atom. The number of nitrogens with zero attached hydrogens (tertiary/aromatic N) is 3. The van der Waals surface area contributed by atoms with Crippen molar-refractivity contribution in [3.8, 4) is 11.5 Å². The van der Waals surface area contributed by atoms with Gasteiger partial charge in [0.25, 0.3) is 0 Å². The van der Waals surface area contributed by atoms with Crippen LogP contribution in [0.2, 0.25) is 0 Å². The van der Waals surface area contributed by atoms with Crippen LogP contribution < -0.4 is 14.8 Å². The number of hydrogen-bond acceptors (Lipinski definition) is 6. The number of rotatable bonds is 11. The van der Waals surface area contributed by atoms with Crippen molar-refractivity contribution in [3.05, 3.63) is 72.8 Å². The largest absolute Gasteiger partial charge is 0.493 e. The Bertz CT molecular complexity index is 1020. The fourth-order valence-electron chi connectivity index (χ4n) is 2.77. The van der Waals surface area contributed by atoms with Crippen LogP contribution in [0.5, 0.6) is 11.5 Å². The highest BCUT2D eigenvalue weighted by Crippen LogP contribution is 2.26. The lowest BCUT2D eigenvalue weighted by atomic mass is 10.3. The summed E-state index contributed by atoms with van der Waals surface area (Å²) in [5, 5.41) is 11.8. The van der Waals surface area contributed by atoms with Crippen LogP contribution in [-0.2, 0) is 17.8 Å². The summed E-state index contributed by atoms with van der Waals surface area (Å²) in [4.78, 5) is 12.4. The summed E-state index contributed by atoms with van der Waals surface area (Å²) in [5.41, 5.74) is 0.518. The van der Waals surface area contributed by atoms with Gasteiger partial charge in [0.15, 0.2) is 16.7 Å². The van der Waals surface area contributed by atoms with E-state index in [4.69, 9.17) is 9.47 Å². The third-order valence-corrected chi connectivity index (χ3v) is 5.12. The molecular formula is C22H23FN4O3S. The van der Waals surface area contributed by atoms with E-state index >= 15 is 0 Å². The second kappa shape index (κ2) is 11.2. The SMILES string of the molecule is C=CCn1c(CC(=O)Nc2ccc(F)cc2)nnc1SCCOc1ccccc1OC. The van der Waals surface area contributed by atoms with Gasteiger partial charge >= 0.3 is 0 Å². The van der Waals surface area contributed by atoms with E-state index in [0.29, 0.717) is 47.1 Å². The van der Waals surface area contributed by atoms with Gasteiger partial charge in [0.05, 0.1) is 20.1 Å². The first-order valence-corrected chi connectivity index (χ1v) is 10.6. The average Bonchev–Trinajstić information content (AvgIpc) is 3.14. The number of anilines is 1. The standard InChI is InChI=1S/C22H23FN4O3S/c1-3-12-27-20(15-21(28)24-17-10-8-16(23)9-11-17)25-26-22(27)31-14-13-30-19-7-5-4-6-18(19)29-2/h3-11H,1,12-15H2,2H3,(H,24,28). The van der Waals surface area contributed by atoms with Crippen LogP contribution >= 0.6 is 11.8 Å². The molecule has 0 fully saturated rings. The molecular weight excluding hydrogens is 419 g/mol. The van der Waals surface area contributed by atoms with Gasteiger partial charge in [-0.3, -0.25) is 4.79 Å². The zero-order valence-corrected chi connectivity index (χ0v) is 17.9. The number of ether oxygens (including phenoxy) is 2. The van der Waals surface area contributed by atoms with Crippen LogP contribution in [0.25, 0.3) is 0 Å². The van der Waals surface area contributed by atoms with Gasteiger partial charge in [-0.05, 0) is 36.4 Å². The first-order chi connectivity index (χ1) is 15.1. The normalized spacial score (nSPS) is 10.5. The number of hydrogen-bond donors (Lipinski definition) is 1. The number of allylic oxidation sites excluding steroid dienone is 1. The summed E-state index contributed by atoms with van der Waals surface area (Å²) in [5.74, 6) is 1.89.